The van der Waals surface area contributed by atoms with E-state index in [9.17, 15) is 0 Å². The molecule has 0 aromatic carbocycles. The molecule has 0 amide bonds. The first-order chi connectivity index (χ1) is 10.2. The Kier molecular flexibility index (Phi) is 5.38. The van der Waals surface area contributed by atoms with Crippen molar-refractivity contribution in [2.45, 2.75) is 13.8 Å². The lowest BCUT2D eigenvalue weighted by atomic mass is 10.2. The van der Waals surface area contributed by atoms with Crippen molar-refractivity contribution in [2.24, 2.45) is 5.92 Å². The van der Waals surface area contributed by atoms with Crippen molar-refractivity contribution in [3.8, 4) is 5.95 Å². The summed E-state index contributed by atoms with van der Waals surface area (Å²) in [6.45, 7) is 6.19. The predicted octanol–water partition coefficient (Wildman–Crippen LogP) is 0.578. The van der Waals surface area contributed by atoms with Gasteiger partial charge in [0.15, 0.2) is 0 Å². The molecule has 0 atom stereocenters. The van der Waals surface area contributed by atoms with Crippen molar-refractivity contribution in [3.05, 3.63) is 12.7 Å². The molecule has 0 radical (unpaired) electrons. The molecule has 0 bridgehead atoms. The van der Waals surface area contributed by atoms with Crippen LogP contribution in [-0.4, -0.2) is 56.5 Å². The van der Waals surface area contributed by atoms with Crippen molar-refractivity contribution in [1.29, 1.82) is 0 Å². The Morgan fingerprint density at radius 2 is 2.05 bits per heavy atom. The molecular formula is C12H20N8O. The van der Waals surface area contributed by atoms with E-state index in [1.54, 1.807) is 7.05 Å². The average molecular weight is 292 g/mol. The maximum Gasteiger partial charge on any atom is 0.258 e. The van der Waals surface area contributed by atoms with Crippen LogP contribution in [0, 0.1) is 5.92 Å². The number of hydrogen-bond donors (Lipinski definition) is 2. The zero-order valence-corrected chi connectivity index (χ0v) is 12.4. The van der Waals surface area contributed by atoms with Crippen LogP contribution in [0.2, 0.25) is 0 Å². The highest BCUT2D eigenvalue weighted by molar-refractivity contribution is 5.37. The van der Waals surface area contributed by atoms with E-state index < -0.39 is 0 Å². The van der Waals surface area contributed by atoms with Crippen LogP contribution in [0.25, 0.3) is 5.95 Å². The van der Waals surface area contributed by atoms with Crippen molar-refractivity contribution >= 4 is 11.9 Å². The standard InChI is InChI=1S/C12H20N8O/c1-9(2)6-21-5-4-15-11-17-10(13-3)18-12(19-11)20-8-14-7-16-20/h7-9H,4-6H2,1-3H3,(H2,13,15,17,18,19). The smallest absolute Gasteiger partial charge is 0.258 e. The third kappa shape index (κ3) is 4.63. The van der Waals surface area contributed by atoms with Crippen LogP contribution in [0.3, 0.4) is 0 Å². The van der Waals surface area contributed by atoms with Gasteiger partial charge in [-0.3, -0.25) is 0 Å². The quantitative estimate of drug-likeness (QED) is 0.681. The fourth-order valence-corrected chi connectivity index (χ4v) is 1.52. The molecule has 0 saturated heterocycles. The molecule has 114 valence electrons. The van der Waals surface area contributed by atoms with Crippen LogP contribution < -0.4 is 10.6 Å². The number of hydrogen-bond acceptors (Lipinski definition) is 8. The van der Waals surface area contributed by atoms with Gasteiger partial charge >= 0.3 is 0 Å². The highest BCUT2D eigenvalue weighted by Crippen LogP contribution is 2.07. The molecule has 2 aromatic rings. The molecule has 0 aliphatic rings. The number of nitrogens with zero attached hydrogens (tertiary/aromatic N) is 6. The fourth-order valence-electron chi connectivity index (χ4n) is 1.52. The summed E-state index contributed by atoms with van der Waals surface area (Å²) in [7, 11) is 1.75. The van der Waals surface area contributed by atoms with Crippen LogP contribution in [-0.2, 0) is 4.74 Å². The molecule has 2 aromatic heterocycles. The molecule has 0 spiro atoms. The van der Waals surface area contributed by atoms with Crippen LogP contribution >= 0.6 is 0 Å². The lowest BCUT2D eigenvalue weighted by Crippen LogP contribution is -2.16. The summed E-state index contributed by atoms with van der Waals surface area (Å²) in [5.74, 6) is 1.85. The molecule has 0 saturated carbocycles. The summed E-state index contributed by atoms with van der Waals surface area (Å²) in [4.78, 5) is 16.6. The minimum Gasteiger partial charge on any atom is -0.379 e. The SMILES string of the molecule is CNc1nc(NCCOCC(C)C)nc(-n2cncn2)n1. The summed E-state index contributed by atoms with van der Waals surface area (Å²) >= 11 is 0. The molecule has 2 heterocycles. The maximum atomic E-state index is 5.50. The lowest BCUT2D eigenvalue weighted by Gasteiger charge is -2.09. The van der Waals surface area contributed by atoms with Crippen LogP contribution in [0.1, 0.15) is 13.8 Å². The average Bonchev–Trinajstić information content (AvgIpc) is 3.00. The molecule has 0 unspecified atom stereocenters. The van der Waals surface area contributed by atoms with Gasteiger partial charge in [0.05, 0.1) is 6.61 Å². The highest BCUT2D eigenvalue weighted by atomic mass is 16.5. The first-order valence-electron chi connectivity index (χ1n) is 6.79. The summed E-state index contributed by atoms with van der Waals surface area (Å²) in [6, 6.07) is 0. The summed E-state index contributed by atoms with van der Waals surface area (Å²) in [5, 5.41) is 10.0. The molecule has 9 heteroatoms. The zero-order valence-electron chi connectivity index (χ0n) is 12.4. The zero-order chi connectivity index (χ0) is 15.1. The van der Waals surface area contributed by atoms with E-state index >= 15 is 0 Å². The third-order valence-corrected chi connectivity index (χ3v) is 2.45. The second-order valence-electron chi connectivity index (χ2n) is 4.77. The Labute approximate surface area is 123 Å². The minimum atomic E-state index is 0.400. The second kappa shape index (κ2) is 7.48. The van der Waals surface area contributed by atoms with Crippen molar-refractivity contribution < 1.29 is 4.74 Å². The molecule has 9 nitrogen and oxygen atoms in total. The Morgan fingerprint density at radius 1 is 1.24 bits per heavy atom. The van der Waals surface area contributed by atoms with Gasteiger partial charge in [-0.05, 0) is 5.92 Å². The van der Waals surface area contributed by atoms with E-state index in [1.165, 1.54) is 17.3 Å². The van der Waals surface area contributed by atoms with Gasteiger partial charge in [0.1, 0.15) is 12.7 Å². The summed E-state index contributed by atoms with van der Waals surface area (Å²) in [5.41, 5.74) is 0. The van der Waals surface area contributed by atoms with Crippen LogP contribution in [0.15, 0.2) is 12.7 Å². The lowest BCUT2D eigenvalue weighted by molar-refractivity contribution is 0.118. The minimum absolute atomic E-state index is 0.400. The summed E-state index contributed by atoms with van der Waals surface area (Å²) in [6.07, 6.45) is 2.96. The molecular weight excluding hydrogens is 272 g/mol. The van der Waals surface area contributed by atoms with Crippen LogP contribution in [0.5, 0.6) is 0 Å². The maximum absolute atomic E-state index is 5.50. The Hall–Kier alpha value is -2.29. The first kappa shape index (κ1) is 15.1. The van der Waals surface area contributed by atoms with E-state index in [2.05, 4.69) is 49.5 Å². The van der Waals surface area contributed by atoms with E-state index in [1.807, 2.05) is 0 Å². The van der Waals surface area contributed by atoms with Crippen molar-refractivity contribution in [3.63, 3.8) is 0 Å². The summed E-state index contributed by atoms with van der Waals surface area (Å²) < 4.78 is 6.97. The number of rotatable bonds is 8. The predicted molar refractivity (Wildman–Crippen MR) is 78.4 cm³/mol. The molecule has 2 N–H and O–H groups in total. The van der Waals surface area contributed by atoms with Gasteiger partial charge in [-0.2, -0.15) is 24.7 Å². The van der Waals surface area contributed by atoms with Gasteiger partial charge in [0.25, 0.3) is 5.95 Å². The monoisotopic (exact) mass is 292 g/mol. The van der Waals surface area contributed by atoms with E-state index in [0.717, 1.165) is 6.61 Å². The number of nitrogens with one attached hydrogen (secondary N) is 2. The first-order valence-corrected chi connectivity index (χ1v) is 6.79. The van der Waals surface area contributed by atoms with Gasteiger partial charge in [-0.15, -0.1) is 0 Å². The Bertz CT molecular complexity index is 542. The molecule has 0 fully saturated rings. The highest BCUT2D eigenvalue weighted by Gasteiger charge is 2.07. The van der Waals surface area contributed by atoms with E-state index in [4.69, 9.17) is 4.74 Å². The van der Waals surface area contributed by atoms with Crippen molar-refractivity contribution in [2.75, 3.05) is 37.4 Å². The van der Waals surface area contributed by atoms with Gasteiger partial charge in [0, 0.05) is 20.2 Å². The molecule has 21 heavy (non-hydrogen) atoms. The second-order valence-corrected chi connectivity index (χ2v) is 4.77. The molecule has 2 rings (SSSR count). The Morgan fingerprint density at radius 3 is 2.71 bits per heavy atom. The molecule has 0 aliphatic heterocycles. The topological polar surface area (TPSA) is 103 Å². The van der Waals surface area contributed by atoms with E-state index in [-0.39, 0.29) is 0 Å². The normalized spacial score (nSPS) is 10.9. The fraction of sp³-hybridized carbons (Fsp3) is 0.583. The van der Waals surface area contributed by atoms with E-state index in [0.29, 0.717) is 36.9 Å². The van der Waals surface area contributed by atoms with Gasteiger partial charge in [-0.1, -0.05) is 13.8 Å². The van der Waals surface area contributed by atoms with Crippen LogP contribution in [0.4, 0.5) is 11.9 Å². The largest absolute Gasteiger partial charge is 0.379 e. The van der Waals surface area contributed by atoms with Gasteiger partial charge in [-0.25, -0.2) is 4.98 Å². The molecule has 0 aliphatic carbocycles. The number of ether oxygens (including phenoxy) is 1. The van der Waals surface area contributed by atoms with Crippen molar-refractivity contribution in [1.82, 2.24) is 29.7 Å². The Balaban J connectivity index is 1.97. The van der Waals surface area contributed by atoms with Gasteiger partial charge in [0.2, 0.25) is 11.9 Å². The number of aromatic nitrogens is 6. The van der Waals surface area contributed by atoms with Gasteiger partial charge < -0.3 is 15.4 Å². The number of anilines is 2. The third-order valence-electron chi connectivity index (χ3n) is 2.45.